The van der Waals surface area contributed by atoms with Crippen LogP contribution in [0.2, 0.25) is 0 Å². The highest BCUT2D eigenvalue weighted by Gasteiger charge is 2.53. The van der Waals surface area contributed by atoms with E-state index in [2.05, 4.69) is 19.2 Å². The number of carbonyl (C=O) groups is 1. The predicted molar refractivity (Wildman–Crippen MR) is 84.8 cm³/mol. The Bertz CT molecular complexity index is 575. The summed E-state index contributed by atoms with van der Waals surface area (Å²) in [4.78, 5) is 11.7. The first-order chi connectivity index (χ1) is 10.1. The number of allylic oxidation sites excluding steroid dienone is 3. The first-order valence-corrected chi connectivity index (χ1v) is 8.75. The van der Waals surface area contributed by atoms with Gasteiger partial charge in [0.15, 0.2) is 0 Å². The molecule has 2 saturated carbocycles. The molecule has 4 rings (SSSR count). The third-order valence-electron chi connectivity index (χ3n) is 7.20. The lowest BCUT2D eigenvalue weighted by atomic mass is 9.54. The molecule has 0 radical (unpaired) electrons. The number of rotatable bonds is 0. The van der Waals surface area contributed by atoms with E-state index in [4.69, 9.17) is 0 Å². The second kappa shape index (κ2) is 4.71. The standard InChI is InChI=1S/C20H26O/c1-3-14-5-9-19-18-7-4-13-12-15(21)6-8-16(13)17(18)10-11-20(14,19)2/h17-19H,1,4-12H2,2H3/t17-,18-,19+,20-/m1/s1. The molecular formula is C20H26O. The third-order valence-corrected chi connectivity index (χ3v) is 7.20. The molecule has 112 valence electrons. The summed E-state index contributed by atoms with van der Waals surface area (Å²) in [6.07, 6.45) is 10.4. The minimum absolute atomic E-state index is 0.380. The van der Waals surface area contributed by atoms with Crippen LogP contribution in [0.25, 0.3) is 0 Å². The fourth-order valence-electron chi connectivity index (χ4n) is 6.15. The van der Waals surface area contributed by atoms with Crippen molar-refractivity contribution < 1.29 is 4.79 Å². The molecule has 0 unspecified atom stereocenters. The van der Waals surface area contributed by atoms with Crippen LogP contribution in [-0.4, -0.2) is 5.78 Å². The Kier molecular flexibility index (Phi) is 3.05. The van der Waals surface area contributed by atoms with E-state index in [1.807, 2.05) is 0 Å². The molecule has 0 aromatic carbocycles. The van der Waals surface area contributed by atoms with E-state index in [0.717, 1.165) is 37.0 Å². The highest BCUT2D eigenvalue weighted by atomic mass is 16.1. The van der Waals surface area contributed by atoms with Crippen LogP contribution in [0.4, 0.5) is 0 Å². The second-order valence-electron chi connectivity index (χ2n) is 7.91. The highest BCUT2D eigenvalue weighted by Crippen LogP contribution is 2.62. The Labute approximate surface area is 128 Å². The van der Waals surface area contributed by atoms with Crippen molar-refractivity contribution in [2.45, 2.75) is 64.7 Å². The van der Waals surface area contributed by atoms with Crippen molar-refractivity contribution in [3.63, 3.8) is 0 Å². The Morgan fingerprint density at radius 1 is 1.14 bits per heavy atom. The van der Waals surface area contributed by atoms with Gasteiger partial charge < -0.3 is 0 Å². The molecule has 0 bridgehead atoms. The zero-order valence-electron chi connectivity index (χ0n) is 13.2. The summed E-state index contributed by atoms with van der Waals surface area (Å²) < 4.78 is 0. The van der Waals surface area contributed by atoms with E-state index in [1.165, 1.54) is 49.7 Å². The molecule has 4 aliphatic rings. The largest absolute Gasteiger partial charge is 0.299 e. The SMILES string of the molecule is C=C=C1CC[C@H]2[C@@H]3CCC4=C(CCC(=O)C4)[C@H]3CC[C@]12C. The summed E-state index contributed by atoms with van der Waals surface area (Å²) in [5.41, 5.74) is 8.40. The molecule has 2 fully saturated rings. The number of Topliss-reactive ketones (excluding diaryl/α,β-unsaturated/α-hetero) is 1. The van der Waals surface area contributed by atoms with Gasteiger partial charge in [-0.3, -0.25) is 4.79 Å². The molecule has 21 heavy (non-hydrogen) atoms. The van der Waals surface area contributed by atoms with Crippen LogP contribution >= 0.6 is 0 Å². The van der Waals surface area contributed by atoms with Gasteiger partial charge in [-0.2, -0.15) is 0 Å². The van der Waals surface area contributed by atoms with Gasteiger partial charge in [-0.25, -0.2) is 0 Å². The van der Waals surface area contributed by atoms with Gasteiger partial charge in [0.25, 0.3) is 0 Å². The summed E-state index contributed by atoms with van der Waals surface area (Å²) in [5, 5.41) is 0. The molecule has 4 atom stereocenters. The van der Waals surface area contributed by atoms with Crippen LogP contribution in [0.15, 0.2) is 29.0 Å². The van der Waals surface area contributed by atoms with Crippen molar-refractivity contribution in [2.24, 2.45) is 23.2 Å². The first kappa shape index (κ1) is 13.6. The van der Waals surface area contributed by atoms with Crippen LogP contribution in [0.3, 0.4) is 0 Å². The normalized spacial score (nSPS) is 42.2. The molecule has 0 saturated heterocycles. The molecule has 0 spiro atoms. The van der Waals surface area contributed by atoms with Crippen molar-refractivity contribution in [2.75, 3.05) is 0 Å². The van der Waals surface area contributed by atoms with Crippen LogP contribution in [0, 0.1) is 23.2 Å². The molecule has 0 aromatic heterocycles. The lowest BCUT2D eigenvalue weighted by molar-refractivity contribution is -0.119. The van der Waals surface area contributed by atoms with Crippen molar-refractivity contribution in [1.82, 2.24) is 0 Å². The molecule has 0 aliphatic heterocycles. The molecule has 0 amide bonds. The lowest BCUT2D eigenvalue weighted by Gasteiger charge is -2.50. The second-order valence-corrected chi connectivity index (χ2v) is 7.91. The molecule has 0 N–H and O–H groups in total. The summed E-state index contributed by atoms with van der Waals surface area (Å²) in [5.74, 6) is 2.98. The smallest absolute Gasteiger partial charge is 0.137 e. The van der Waals surface area contributed by atoms with Gasteiger partial charge in [-0.1, -0.05) is 24.6 Å². The predicted octanol–water partition coefficient (Wildman–Crippen LogP) is 4.98. The summed E-state index contributed by atoms with van der Waals surface area (Å²) >= 11 is 0. The van der Waals surface area contributed by atoms with Gasteiger partial charge in [0.05, 0.1) is 0 Å². The van der Waals surface area contributed by atoms with Gasteiger partial charge in [0, 0.05) is 12.8 Å². The van der Waals surface area contributed by atoms with Gasteiger partial charge in [0.2, 0.25) is 0 Å². The van der Waals surface area contributed by atoms with E-state index in [0.29, 0.717) is 11.2 Å². The van der Waals surface area contributed by atoms with Gasteiger partial charge >= 0.3 is 0 Å². The maximum atomic E-state index is 11.7. The Morgan fingerprint density at radius 3 is 2.81 bits per heavy atom. The van der Waals surface area contributed by atoms with E-state index in [1.54, 1.807) is 5.57 Å². The maximum Gasteiger partial charge on any atom is 0.137 e. The number of fused-ring (bicyclic) bond motifs is 4. The van der Waals surface area contributed by atoms with Crippen LogP contribution < -0.4 is 0 Å². The molecule has 4 aliphatic carbocycles. The lowest BCUT2D eigenvalue weighted by Crippen LogP contribution is -2.42. The van der Waals surface area contributed by atoms with Gasteiger partial charge in [-0.15, -0.1) is 5.73 Å². The average Bonchev–Trinajstić information content (AvgIpc) is 2.83. The fourth-order valence-corrected chi connectivity index (χ4v) is 6.15. The van der Waals surface area contributed by atoms with Crippen molar-refractivity contribution >= 4 is 5.78 Å². The first-order valence-electron chi connectivity index (χ1n) is 8.75. The minimum Gasteiger partial charge on any atom is -0.299 e. The highest BCUT2D eigenvalue weighted by molar-refractivity contribution is 5.82. The minimum atomic E-state index is 0.380. The number of hydrogen-bond acceptors (Lipinski definition) is 1. The topological polar surface area (TPSA) is 17.1 Å². The zero-order valence-corrected chi connectivity index (χ0v) is 13.2. The Balaban J connectivity index is 1.68. The van der Waals surface area contributed by atoms with Gasteiger partial charge in [-0.05, 0) is 73.7 Å². The third kappa shape index (κ3) is 1.87. The molecule has 0 aromatic rings. The zero-order chi connectivity index (χ0) is 14.6. The number of carbonyl (C=O) groups excluding carboxylic acids is 1. The number of hydrogen-bond donors (Lipinski definition) is 0. The van der Waals surface area contributed by atoms with Crippen LogP contribution in [-0.2, 0) is 4.79 Å². The quantitative estimate of drug-likeness (QED) is 0.452. The summed E-state index contributed by atoms with van der Waals surface area (Å²) in [6, 6.07) is 0. The Hall–Kier alpha value is -1.07. The van der Waals surface area contributed by atoms with E-state index < -0.39 is 0 Å². The number of ketones is 1. The summed E-state index contributed by atoms with van der Waals surface area (Å²) in [7, 11) is 0. The Morgan fingerprint density at radius 2 is 2.00 bits per heavy atom. The molecular weight excluding hydrogens is 256 g/mol. The molecule has 0 heterocycles. The molecule has 1 nitrogen and oxygen atoms in total. The monoisotopic (exact) mass is 282 g/mol. The van der Waals surface area contributed by atoms with Crippen molar-refractivity contribution in [1.29, 1.82) is 0 Å². The van der Waals surface area contributed by atoms with E-state index >= 15 is 0 Å². The van der Waals surface area contributed by atoms with Crippen molar-refractivity contribution in [3.8, 4) is 0 Å². The summed E-state index contributed by atoms with van der Waals surface area (Å²) in [6.45, 7) is 6.42. The molecule has 1 heteroatoms. The van der Waals surface area contributed by atoms with Crippen molar-refractivity contribution in [3.05, 3.63) is 29.0 Å². The van der Waals surface area contributed by atoms with Gasteiger partial charge in [0.1, 0.15) is 5.78 Å². The van der Waals surface area contributed by atoms with Crippen LogP contribution in [0.5, 0.6) is 0 Å². The van der Waals surface area contributed by atoms with E-state index in [-0.39, 0.29) is 0 Å². The maximum absolute atomic E-state index is 11.7. The van der Waals surface area contributed by atoms with E-state index in [9.17, 15) is 4.79 Å². The average molecular weight is 282 g/mol. The fraction of sp³-hybridized carbons (Fsp3) is 0.700. The van der Waals surface area contributed by atoms with Crippen LogP contribution in [0.1, 0.15) is 64.7 Å².